The second-order valence-electron chi connectivity index (χ2n) is 6.32. The van der Waals surface area contributed by atoms with E-state index in [0.29, 0.717) is 41.8 Å². The topological polar surface area (TPSA) is 66.5 Å². The molecule has 28 heavy (non-hydrogen) atoms. The number of ether oxygens (including phenoxy) is 5. The first-order valence-corrected chi connectivity index (χ1v) is 8.96. The Morgan fingerprint density at radius 1 is 0.893 bits per heavy atom. The second kappa shape index (κ2) is 8.73. The first-order valence-electron chi connectivity index (χ1n) is 8.96. The van der Waals surface area contributed by atoms with Gasteiger partial charge in [-0.15, -0.1) is 0 Å². The summed E-state index contributed by atoms with van der Waals surface area (Å²) in [5, 5.41) is 0. The van der Waals surface area contributed by atoms with Crippen LogP contribution in [0.5, 0.6) is 28.7 Å². The molecule has 0 unspecified atom stereocenters. The fourth-order valence-electron chi connectivity index (χ4n) is 3.28. The summed E-state index contributed by atoms with van der Waals surface area (Å²) in [7, 11) is 6.32. The molecule has 0 aliphatic carbocycles. The molecular weight excluding hydrogens is 362 g/mol. The highest BCUT2D eigenvalue weighted by atomic mass is 16.5. The fourth-order valence-corrected chi connectivity index (χ4v) is 3.28. The largest absolute Gasteiger partial charge is 0.493 e. The van der Waals surface area contributed by atoms with Crippen molar-refractivity contribution < 1.29 is 28.5 Å². The molecular formula is C21H25NO6. The van der Waals surface area contributed by atoms with Crippen LogP contribution in [0.3, 0.4) is 0 Å². The molecule has 1 aliphatic heterocycles. The summed E-state index contributed by atoms with van der Waals surface area (Å²) in [6.45, 7) is 1.02. The first-order chi connectivity index (χ1) is 13.6. The molecule has 0 N–H and O–H groups in total. The highest BCUT2D eigenvalue weighted by Crippen LogP contribution is 2.37. The van der Waals surface area contributed by atoms with E-state index >= 15 is 0 Å². The number of carbonyl (C=O) groups is 1. The van der Waals surface area contributed by atoms with Gasteiger partial charge < -0.3 is 28.6 Å². The van der Waals surface area contributed by atoms with E-state index in [9.17, 15) is 4.79 Å². The smallest absolute Gasteiger partial charge is 0.260 e. The number of amides is 1. The van der Waals surface area contributed by atoms with Crippen molar-refractivity contribution in [3.8, 4) is 28.7 Å². The Balaban J connectivity index is 1.70. The molecule has 3 rings (SSSR count). The lowest BCUT2D eigenvalue weighted by atomic mass is 9.99. The predicted molar refractivity (Wildman–Crippen MR) is 104 cm³/mol. The number of fused-ring (bicyclic) bond motifs is 1. The van der Waals surface area contributed by atoms with Crippen molar-refractivity contribution in [2.24, 2.45) is 0 Å². The normalized spacial score (nSPS) is 12.8. The van der Waals surface area contributed by atoms with Gasteiger partial charge in [0, 0.05) is 13.1 Å². The number of carbonyl (C=O) groups excluding carboxylic acids is 1. The van der Waals surface area contributed by atoms with Gasteiger partial charge in [-0.05, 0) is 41.8 Å². The number of hydrogen-bond donors (Lipinski definition) is 0. The van der Waals surface area contributed by atoms with Crippen LogP contribution in [0.1, 0.15) is 11.1 Å². The van der Waals surface area contributed by atoms with Gasteiger partial charge in [0.05, 0.1) is 28.4 Å². The van der Waals surface area contributed by atoms with Gasteiger partial charge in [-0.3, -0.25) is 4.79 Å². The van der Waals surface area contributed by atoms with Crippen molar-refractivity contribution in [2.75, 3.05) is 41.6 Å². The number of rotatable bonds is 7. The number of nitrogens with zero attached hydrogens (tertiary/aromatic N) is 1. The molecule has 0 atom stereocenters. The highest BCUT2D eigenvalue weighted by Gasteiger charge is 2.24. The molecule has 2 aromatic rings. The third kappa shape index (κ3) is 3.93. The van der Waals surface area contributed by atoms with Crippen LogP contribution in [0.25, 0.3) is 0 Å². The van der Waals surface area contributed by atoms with Crippen molar-refractivity contribution >= 4 is 5.91 Å². The average Bonchev–Trinajstić information content (AvgIpc) is 2.75. The van der Waals surface area contributed by atoms with Crippen LogP contribution in [-0.2, 0) is 17.8 Å². The Bertz CT molecular complexity index is 829. The molecule has 0 bridgehead atoms. The monoisotopic (exact) mass is 387 g/mol. The zero-order valence-electron chi connectivity index (χ0n) is 16.6. The summed E-state index contributed by atoms with van der Waals surface area (Å²) >= 11 is 0. The van der Waals surface area contributed by atoms with Crippen molar-refractivity contribution in [3.63, 3.8) is 0 Å². The Kier molecular flexibility index (Phi) is 6.13. The molecule has 0 aromatic heterocycles. The van der Waals surface area contributed by atoms with Gasteiger partial charge in [-0.1, -0.05) is 6.07 Å². The van der Waals surface area contributed by atoms with Crippen molar-refractivity contribution in [1.82, 2.24) is 4.90 Å². The third-order valence-corrected chi connectivity index (χ3v) is 4.79. The summed E-state index contributed by atoms with van der Waals surface area (Å²) in [6.07, 6.45) is 0.749. The highest BCUT2D eigenvalue weighted by molar-refractivity contribution is 5.78. The minimum Gasteiger partial charge on any atom is -0.493 e. The first kappa shape index (κ1) is 19.7. The molecule has 7 nitrogen and oxygen atoms in total. The fraction of sp³-hybridized carbons (Fsp3) is 0.381. The Morgan fingerprint density at radius 2 is 1.46 bits per heavy atom. The van der Waals surface area contributed by atoms with E-state index in [4.69, 9.17) is 23.7 Å². The molecule has 1 aliphatic rings. The molecule has 150 valence electrons. The Hall–Kier alpha value is -3.09. The van der Waals surface area contributed by atoms with E-state index in [-0.39, 0.29) is 12.5 Å². The van der Waals surface area contributed by atoms with E-state index < -0.39 is 0 Å². The SMILES string of the molecule is COc1cc2c(cc1OC)CN(C(=O)COc1c(OC)cccc1OC)CC2. The summed E-state index contributed by atoms with van der Waals surface area (Å²) in [4.78, 5) is 14.5. The maximum absolute atomic E-state index is 12.7. The van der Waals surface area contributed by atoms with Gasteiger partial charge >= 0.3 is 0 Å². The van der Waals surface area contributed by atoms with Crippen molar-refractivity contribution in [2.45, 2.75) is 13.0 Å². The zero-order valence-corrected chi connectivity index (χ0v) is 16.6. The third-order valence-electron chi connectivity index (χ3n) is 4.79. The van der Waals surface area contributed by atoms with E-state index in [1.165, 1.54) is 0 Å². The van der Waals surface area contributed by atoms with Crippen molar-refractivity contribution in [1.29, 1.82) is 0 Å². The quantitative estimate of drug-likeness (QED) is 0.728. The minimum atomic E-state index is -0.103. The molecule has 0 saturated carbocycles. The van der Waals surface area contributed by atoms with Crippen LogP contribution in [0, 0.1) is 0 Å². The van der Waals surface area contributed by atoms with E-state index in [1.54, 1.807) is 51.5 Å². The van der Waals surface area contributed by atoms with Gasteiger partial charge in [0.15, 0.2) is 29.6 Å². The molecule has 0 spiro atoms. The van der Waals surface area contributed by atoms with Crippen LogP contribution >= 0.6 is 0 Å². The van der Waals surface area contributed by atoms with Crippen LogP contribution in [-0.4, -0.2) is 52.4 Å². The molecule has 7 heteroatoms. The minimum absolute atomic E-state index is 0.0979. The maximum atomic E-state index is 12.7. The van der Waals surface area contributed by atoms with Crippen molar-refractivity contribution in [3.05, 3.63) is 41.5 Å². The molecule has 0 saturated heterocycles. The van der Waals surface area contributed by atoms with Crippen LogP contribution in [0.4, 0.5) is 0 Å². The van der Waals surface area contributed by atoms with Gasteiger partial charge in [0.1, 0.15) is 0 Å². The number of para-hydroxylation sites is 1. The Morgan fingerprint density at radius 3 is 2.04 bits per heavy atom. The summed E-state index contributed by atoms with van der Waals surface area (Å²) in [5.74, 6) is 2.72. The summed E-state index contributed by atoms with van der Waals surface area (Å²) in [6, 6.07) is 9.23. The van der Waals surface area contributed by atoms with Gasteiger partial charge in [0.2, 0.25) is 5.75 Å². The number of methoxy groups -OCH3 is 4. The lowest BCUT2D eigenvalue weighted by Gasteiger charge is -2.29. The molecule has 1 heterocycles. The summed E-state index contributed by atoms with van der Waals surface area (Å²) in [5.41, 5.74) is 2.21. The van der Waals surface area contributed by atoms with Crippen LogP contribution in [0.2, 0.25) is 0 Å². The lowest BCUT2D eigenvalue weighted by molar-refractivity contribution is -0.134. The van der Waals surface area contributed by atoms with Gasteiger partial charge in [0.25, 0.3) is 5.91 Å². The number of hydrogen-bond acceptors (Lipinski definition) is 6. The maximum Gasteiger partial charge on any atom is 0.260 e. The lowest BCUT2D eigenvalue weighted by Crippen LogP contribution is -2.38. The molecule has 0 fully saturated rings. The number of benzene rings is 2. The molecule has 0 radical (unpaired) electrons. The van der Waals surface area contributed by atoms with Crippen LogP contribution < -0.4 is 23.7 Å². The molecule has 1 amide bonds. The van der Waals surface area contributed by atoms with Gasteiger partial charge in [-0.25, -0.2) is 0 Å². The summed E-state index contributed by atoms with van der Waals surface area (Å²) < 4.78 is 27.1. The van der Waals surface area contributed by atoms with E-state index in [0.717, 1.165) is 17.5 Å². The van der Waals surface area contributed by atoms with Gasteiger partial charge in [-0.2, -0.15) is 0 Å². The van der Waals surface area contributed by atoms with E-state index in [1.807, 2.05) is 12.1 Å². The van der Waals surface area contributed by atoms with Crippen LogP contribution in [0.15, 0.2) is 30.3 Å². The predicted octanol–water partition coefficient (Wildman–Crippen LogP) is 2.68. The average molecular weight is 387 g/mol. The zero-order chi connectivity index (χ0) is 20.1. The molecule has 2 aromatic carbocycles. The van der Waals surface area contributed by atoms with E-state index in [2.05, 4.69) is 0 Å². The Labute approximate surface area is 164 Å². The second-order valence-corrected chi connectivity index (χ2v) is 6.32. The standard InChI is InChI=1S/C21H25NO6/c1-24-16-6-5-7-17(25-2)21(16)28-13-20(23)22-9-8-14-10-18(26-3)19(27-4)11-15(14)12-22/h5-7,10-11H,8-9,12-13H2,1-4H3.